The van der Waals surface area contributed by atoms with Crippen LogP contribution >= 0.6 is 0 Å². The average molecular weight is 247 g/mol. The molecule has 1 heterocycles. The molecule has 1 saturated carbocycles. The van der Waals surface area contributed by atoms with Crippen molar-refractivity contribution in [2.75, 3.05) is 25.4 Å². The van der Waals surface area contributed by atoms with Gasteiger partial charge in [-0.1, -0.05) is 12.8 Å². The Morgan fingerprint density at radius 3 is 2.38 bits per heavy atom. The molecule has 0 aromatic carbocycles. The van der Waals surface area contributed by atoms with Gasteiger partial charge in [0.2, 0.25) is 10.0 Å². The van der Waals surface area contributed by atoms with Gasteiger partial charge in [0.1, 0.15) is 0 Å². The first-order valence-corrected chi connectivity index (χ1v) is 7.78. The van der Waals surface area contributed by atoms with Crippen LogP contribution in [-0.2, 0) is 10.0 Å². The summed E-state index contributed by atoms with van der Waals surface area (Å²) in [7, 11) is -3.04. The number of sulfonamides is 1. The lowest BCUT2D eigenvalue weighted by atomic mass is 9.87. The Labute approximate surface area is 97.7 Å². The fourth-order valence-corrected chi connectivity index (χ4v) is 4.59. The smallest absolute Gasteiger partial charge is 0.214 e. The fourth-order valence-electron chi connectivity index (χ4n) is 2.88. The summed E-state index contributed by atoms with van der Waals surface area (Å²) in [6.45, 7) is 1.30. The van der Waals surface area contributed by atoms with E-state index in [-0.39, 0.29) is 17.8 Å². The molecule has 94 valence electrons. The third-order valence-corrected chi connectivity index (χ3v) is 5.87. The van der Waals surface area contributed by atoms with Gasteiger partial charge in [-0.25, -0.2) is 12.7 Å². The lowest BCUT2D eigenvalue weighted by Crippen LogP contribution is -2.45. The second-order valence-electron chi connectivity index (χ2n) is 5.22. The zero-order valence-electron chi connectivity index (χ0n) is 9.69. The first-order valence-electron chi connectivity index (χ1n) is 6.17. The van der Waals surface area contributed by atoms with E-state index in [4.69, 9.17) is 0 Å². The van der Waals surface area contributed by atoms with Crippen molar-refractivity contribution in [3.8, 4) is 0 Å². The van der Waals surface area contributed by atoms with Crippen LogP contribution in [0.25, 0.3) is 0 Å². The highest BCUT2D eigenvalue weighted by Crippen LogP contribution is 2.39. The van der Waals surface area contributed by atoms with E-state index in [0.717, 1.165) is 38.5 Å². The molecule has 2 aliphatic rings. The Morgan fingerprint density at radius 2 is 1.81 bits per heavy atom. The van der Waals surface area contributed by atoms with Crippen molar-refractivity contribution in [3.05, 3.63) is 0 Å². The van der Waals surface area contributed by atoms with E-state index in [0.29, 0.717) is 13.1 Å². The van der Waals surface area contributed by atoms with Crippen molar-refractivity contribution in [1.82, 2.24) is 4.31 Å². The summed E-state index contributed by atoms with van der Waals surface area (Å²) in [5.41, 5.74) is -0.148. The second-order valence-corrected chi connectivity index (χ2v) is 7.31. The monoisotopic (exact) mass is 247 g/mol. The van der Waals surface area contributed by atoms with Crippen LogP contribution in [0.2, 0.25) is 0 Å². The molecule has 1 N–H and O–H groups in total. The molecule has 0 aromatic rings. The van der Waals surface area contributed by atoms with Crippen molar-refractivity contribution in [2.45, 2.75) is 38.5 Å². The fraction of sp³-hybridized carbons (Fsp3) is 1.00. The van der Waals surface area contributed by atoms with Gasteiger partial charge < -0.3 is 5.11 Å². The Kier molecular flexibility index (Phi) is 3.56. The van der Waals surface area contributed by atoms with Gasteiger partial charge in [0.05, 0.1) is 5.75 Å². The van der Waals surface area contributed by atoms with Gasteiger partial charge in [-0.3, -0.25) is 0 Å². The van der Waals surface area contributed by atoms with Gasteiger partial charge in [-0.2, -0.15) is 0 Å². The summed E-state index contributed by atoms with van der Waals surface area (Å²) in [4.78, 5) is 0. The molecular weight excluding hydrogens is 226 g/mol. The van der Waals surface area contributed by atoms with Gasteiger partial charge in [0.25, 0.3) is 0 Å². The first-order chi connectivity index (χ1) is 7.58. The van der Waals surface area contributed by atoms with E-state index >= 15 is 0 Å². The predicted octanol–water partition coefficient (Wildman–Crippen LogP) is 0.965. The third kappa shape index (κ3) is 2.41. The minimum atomic E-state index is -3.04. The van der Waals surface area contributed by atoms with Crippen LogP contribution in [0.3, 0.4) is 0 Å². The molecule has 4 nitrogen and oxygen atoms in total. The molecule has 1 aliphatic carbocycles. The van der Waals surface area contributed by atoms with Crippen LogP contribution in [0.1, 0.15) is 38.5 Å². The molecule has 1 saturated heterocycles. The molecule has 0 amide bonds. The van der Waals surface area contributed by atoms with Gasteiger partial charge in [0.15, 0.2) is 0 Å². The van der Waals surface area contributed by atoms with Crippen molar-refractivity contribution >= 4 is 10.0 Å². The Morgan fingerprint density at radius 1 is 1.12 bits per heavy atom. The topological polar surface area (TPSA) is 57.6 Å². The van der Waals surface area contributed by atoms with E-state index in [9.17, 15) is 13.5 Å². The number of nitrogens with zero attached hydrogens (tertiary/aromatic N) is 1. The Balaban J connectivity index is 2.07. The number of hydrogen-bond donors (Lipinski definition) is 1. The summed E-state index contributed by atoms with van der Waals surface area (Å²) in [5.74, 6) is 0.286. The van der Waals surface area contributed by atoms with Gasteiger partial charge in [-0.15, -0.1) is 0 Å². The van der Waals surface area contributed by atoms with Crippen LogP contribution < -0.4 is 0 Å². The molecule has 2 fully saturated rings. The normalized spacial score (nSPS) is 29.3. The lowest BCUT2D eigenvalue weighted by molar-refractivity contribution is 0.105. The molecule has 0 aromatic heterocycles. The Bertz CT molecular complexity index is 333. The highest BCUT2D eigenvalue weighted by atomic mass is 32.2. The second kappa shape index (κ2) is 4.63. The zero-order valence-corrected chi connectivity index (χ0v) is 10.5. The predicted molar refractivity (Wildman–Crippen MR) is 62.6 cm³/mol. The Hall–Kier alpha value is -0.130. The minimum absolute atomic E-state index is 0.124. The third-order valence-electron chi connectivity index (χ3n) is 3.96. The van der Waals surface area contributed by atoms with Gasteiger partial charge in [-0.05, 0) is 25.7 Å². The maximum atomic E-state index is 11.9. The standard InChI is InChI=1S/C11H21NO3S/c13-10-11(5-1-2-6-11)9-12-7-3-4-8-16(12,14)15/h13H,1-10H2. The van der Waals surface area contributed by atoms with Crippen LogP contribution in [0.5, 0.6) is 0 Å². The largest absolute Gasteiger partial charge is 0.396 e. The number of rotatable bonds is 3. The summed E-state index contributed by atoms with van der Waals surface area (Å²) in [5, 5.41) is 9.50. The first kappa shape index (κ1) is 12.3. The average Bonchev–Trinajstić information content (AvgIpc) is 2.71. The zero-order chi connectivity index (χ0) is 11.6. The van der Waals surface area contributed by atoms with Crippen LogP contribution in [0.4, 0.5) is 0 Å². The van der Waals surface area contributed by atoms with Crippen molar-refractivity contribution < 1.29 is 13.5 Å². The van der Waals surface area contributed by atoms with E-state index in [1.54, 1.807) is 4.31 Å². The number of aliphatic hydroxyl groups is 1. The quantitative estimate of drug-likeness (QED) is 0.808. The van der Waals surface area contributed by atoms with Crippen LogP contribution in [-0.4, -0.2) is 43.3 Å². The van der Waals surface area contributed by atoms with E-state index in [1.807, 2.05) is 0 Å². The molecule has 5 heteroatoms. The van der Waals surface area contributed by atoms with Crippen molar-refractivity contribution in [3.63, 3.8) is 0 Å². The molecule has 0 radical (unpaired) electrons. The summed E-state index contributed by atoms with van der Waals surface area (Å²) in [6, 6.07) is 0. The maximum Gasteiger partial charge on any atom is 0.214 e. The molecule has 0 unspecified atom stereocenters. The maximum absolute atomic E-state index is 11.9. The van der Waals surface area contributed by atoms with E-state index in [1.165, 1.54) is 0 Å². The van der Waals surface area contributed by atoms with Gasteiger partial charge in [0, 0.05) is 25.1 Å². The summed E-state index contributed by atoms with van der Waals surface area (Å²) < 4.78 is 25.4. The van der Waals surface area contributed by atoms with Crippen LogP contribution in [0.15, 0.2) is 0 Å². The molecular formula is C11H21NO3S. The van der Waals surface area contributed by atoms with Gasteiger partial charge >= 0.3 is 0 Å². The highest BCUT2D eigenvalue weighted by Gasteiger charge is 2.38. The number of aliphatic hydroxyl groups excluding tert-OH is 1. The molecule has 16 heavy (non-hydrogen) atoms. The highest BCUT2D eigenvalue weighted by molar-refractivity contribution is 7.89. The minimum Gasteiger partial charge on any atom is -0.396 e. The molecule has 0 spiro atoms. The lowest BCUT2D eigenvalue weighted by Gasteiger charge is -2.35. The molecule has 0 atom stereocenters. The molecule has 2 rings (SSSR count). The summed E-state index contributed by atoms with van der Waals surface area (Å²) >= 11 is 0. The van der Waals surface area contributed by atoms with Crippen LogP contribution in [0, 0.1) is 5.41 Å². The number of hydrogen-bond acceptors (Lipinski definition) is 3. The van der Waals surface area contributed by atoms with Crippen molar-refractivity contribution in [1.29, 1.82) is 0 Å². The summed E-state index contributed by atoms with van der Waals surface area (Å²) in [6.07, 6.45) is 5.92. The molecule has 1 aliphatic heterocycles. The molecule has 0 bridgehead atoms. The SMILES string of the molecule is O=S1(=O)CCCCN1CC1(CO)CCCC1. The van der Waals surface area contributed by atoms with E-state index in [2.05, 4.69) is 0 Å². The van der Waals surface area contributed by atoms with E-state index < -0.39 is 10.0 Å². The van der Waals surface area contributed by atoms with Crippen molar-refractivity contribution in [2.24, 2.45) is 5.41 Å².